The zero-order chi connectivity index (χ0) is 29.5. The number of carbonyl (C=O) groups excluding carboxylic acids is 3. The van der Waals surface area contributed by atoms with Crippen LogP contribution < -0.4 is 9.47 Å². The van der Waals surface area contributed by atoms with Crippen LogP contribution in [-0.2, 0) is 30.2 Å². The summed E-state index contributed by atoms with van der Waals surface area (Å²) in [7, 11) is 1.43. The molecule has 220 valence electrons. The summed E-state index contributed by atoms with van der Waals surface area (Å²) in [5.74, 6) is -1.42. The molecule has 0 unspecified atom stereocenters. The van der Waals surface area contributed by atoms with Crippen molar-refractivity contribution in [2.75, 3.05) is 20.5 Å². The molecule has 1 heterocycles. The Morgan fingerprint density at radius 3 is 2.35 bits per heavy atom. The molecule has 0 aliphatic rings. The predicted molar refractivity (Wildman–Crippen MR) is 150 cm³/mol. The van der Waals surface area contributed by atoms with Gasteiger partial charge in [-0.15, -0.1) is 0 Å². The molecule has 0 N–H and O–H groups in total. The predicted octanol–water partition coefficient (Wildman–Crippen LogP) is 5.58. The molecule has 2 aromatic rings. The SMILES string of the molecule is CCC[C@H](CC(=O)c1nccc(OC)c1OCOC(C)=O)C(=O)O[C@@H](C)[C@H](CCc1ccccc1)OCC(C)C. The Hall–Kier alpha value is -3.46. The Labute approximate surface area is 237 Å². The van der Waals surface area contributed by atoms with Crippen molar-refractivity contribution in [2.45, 2.75) is 78.9 Å². The quantitative estimate of drug-likeness (QED) is 0.132. The maximum absolute atomic E-state index is 13.3. The number of esters is 2. The van der Waals surface area contributed by atoms with Crippen LogP contribution in [0.3, 0.4) is 0 Å². The summed E-state index contributed by atoms with van der Waals surface area (Å²) < 4.78 is 27.7. The van der Waals surface area contributed by atoms with E-state index in [2.05, 4.69) is 31.0 Å². The highest BCUT2D eigenvalue weighted by molar-refractivity contribution is 5.99. The first-order valence-electron chi connectivity index (χ1n) is 13.8. The van der Waals surface area contributed by atoms with Crippen molar-refractivity contribution in [3.8, 4) is 11.5 Å². The number of methoxy groups -OCH3 is 1. The minimum Gasteiger partial charge on any atom is -0.493 e. The molecule has 3 atom stereocenters. The van der Waals surface area contributed by atoms with E-state index in [9.17, 15) is 14.4 Å². The van der Waals surface area contributed by atoms with Gasteiger partial charge >= 0.3 is 11.9 Å². The standard InChI is InChI=1S/C31H43NO8/c1-7-11-25(18-26(34)29-30(39-20-38-23(5)33)28(36-6)16-17-32-29)31(35)40-22(4)27(37-19-21(2)3)15-14-24-12-9-8-10-13-24/h8-10,12-13,16-17,21-22,25,27H,7,11,14-15,18-20H2,1-6H3/t22-,25+,27-/m0/s1. The van der Waals surface area contributed by atoms with E-state index in [1.54, 1.807) is 0 Å². The molecule has 0 spiro atoms. The maximum atomic E-state index is 13.3. The number of Topliss-reactive ketones (excluding diaryl/α,β-unsaturated/α-hetero) is 1. The van der Waals surface area contributed by atoms with Gasteiger partial charge in [-0.05, 0) is 37.7 Å². The lowest BCUT2D eigenvalue weighted by Gasteiger charge is -2.27. The third-order valence-electron chi connectivity index (χ3n) is 6.25. The summed E-state index contributed by atoms with van der Waals surface area (Å²) >= 11 is 0. The van der Waals surface area contributed by atoms with Crippen LogP contribution in [0, 0.1) is 11.8 Å². The minimum atomic E-state index is -0.672. The zero-order valence-corrected chi connectivity index (χ0v) is 24.5. The number of nitrogens with zero attached hydrogens (tertiary/aromatic N) is 1. The molecule has 1 aromatic heterocycles. The highest BCUT2D eigenvalue weighted by atomic mass is 16.7. The minimum absolute atomic E-state index is 0.00513. The second-order valence-electron chi connectivity index (χ2n) is 10.1. The van der Waals surface area contributed by atoms with Crippen LogP contribution in [0.1, 0.15) is 76.4 Å². The number of hydrogen-bond donors (Lipinski definition) is 0. The van der Waals surface area contributed by atoms with Crippen molar-refractivity contribution in [2.24, 2.45) is 11.8 Å². The largest absolute Gasteiger partial charge is 0.493 e. The van der Waals surface area contributed by atoms with Gasteiger partial charge in [0.15, 0.2) is 23.0 Å². The lowest BCUT2D eigenvalue weighted by Crippen LogP contribution is -2.35. The van der Waals surface area contributed by atoms with Gasteiger partial charge < -0.3 is 23.7 Å². The first kappa shape index (κ1) is 32.8. The van der Waals surface area contributed by atoms with Gasteiger partial charge in [0, 0.05) is 32.2 Å². The molecule has 0 saturated heterocycles. The maximum Gasteiger partial charge on any atom is 0.309 e. The van der Waals surface area contributed by atoms with E-state index in [1.807, 2.05) is 32.0 Å². The van der Waals surface area contributed by atoms with E-state index in [-0.39, 0.29) is 29.7 Å². The Morgan fingerprint density at radius 2 is 1.73 bits per heavy atom. The van der Waals surface area contributed by atoms with Crippen LogP contribution in [-0.4, -0.2) is 55.4 Å². The van der Waals surface area contributed by atoms with Crippen LogP contribution in [0.25, 0.3) is 0 Å². The fourth-order valence-corrected chi connectivity index (χ4v) is 4.15. The van der Waals surface area contributed by atoms with Crippen LogP contribution in [0.2, 0.25) is 0 Å². The Morgan fingerprint density at radius 1 is 1.00 bits per heavy atom. The summed E-state index contributed by atoms with van der Waals surface area (Å²) in [5.41, 5.74) is 1.18. The number of rotatable bonds is 18. The van der Waals surface area contributed by atoms with E-state index in [4.69, 9.17) is 23.7 Å². The first-order valence-corrected chi connectivity index (χ1v) is 13.8. The number of hydrogen-bond acceptors (Lipinski definition) is 9. The van der Waals surface area contributed by atoms with Crippen LogP contribution in [0.4, 0.5) is 0 Å². The van der Waals surface area contributed by atoms with Gasteiger partial charge in [-0.3, -0.25) is 14.4 Å². The number of carbonyl (C=O) groups is 3. The van der Waals surface area contributed by atoms with Crippen LogP contribution >= 0.6 is 0 Å². The van der Waals surface area contributed by atoms with Crippen molar-refractivity contribution in [1.29, 1.82) is 0 Å². The zero-order valence-electron chi connectivity index (χ0n) is 24.5. The third-order valence-corrected chi connectivity index (χ3v) is 6.25. The van der Waals surface area contributed by atoms with Gasteiger partial charge in [0.25, 0.3) is 0 Å². The normalized spacial score (nSPS) is 13.3. The van der Waals surface area contributed by atoms with Gasteiger partial charge in [0.2, 0.25) is 6.79 Å². The molecule has 40 heavy (non-hydrogen) atoms. The van der Waals surface area contributed by atoms with E-state index >= 15 is 0 Å². The van der Waals surface area contributed by atoms with Crippen molar-refractivity contribution >= 4 is 17.7 Å². The number of ether oxygens (including phenoxy) is 5. The monoisotopic (exact) mass is 557 g/mol. The molecular weight excluding hydrogens is 514 g/mol. The van der Waals surface area contributed by atoms with E-state index < -0.39 is 36.5 Å². The molecule has 0 amide bonds. The third kappa shape index (κ3) is 11.0. The topological polar surface area (TPSA) is 110 Å². The Bertz CT molecular complexity index is 1070. The first-order chi connectivity index (χ1) is 19.2. The number of pyridine rings is 1. The number of aryl methyl sites for hydroxylation is 1. The Kier molecular flexibility index (Phi) is 14.1. The summed E-state index contributed by atoms with van der Waals surface area (Å²) in [6, 6.07) is 11.6. The fraction of sp³-hybridized carbons (Fsp3) is 0.548. The van der Waals surface area contributed by atoms with Gasteiger partial charge in [-0.25, -0.2) is 4.98 Å². The molecular formula is C31H43NO8. The molecule has 9 nitrogen and oxygen atoms in total. The Balaban J connectivity index is 2.13. The van der Waals surface area contributed by atoms with Gasteiger partial charge in [0.1, 0.15) is 6.10 Å². The van der Waals surface area contributed by atoms with Gasteiger partial charge in [-0.2, -0.15) is 0 Å². The average molecular weight is 558 g/mol. The van der Waals surface area contributed by atoms with Crippen molar-refractivity contribution in [1.82, 2.24) is 4.98 Å². The van der Waals surface area contributed by atoms with Crippen LogP contribution in [0.15, 0.2) is 42.6 Å². The summed E-state index contributed by atoms with van der Waals surface area (Å²) in [6.45, 7) is 9.32. The molecule has 0 bridgehead atoms. The average Bonchev–Trinajstić information content (AvgIpc) is 2.92. The van der Waals surface area contributed by atoms with Gasteiger partial charge in [-0.1, -0.05) is 57.5 Å². The fourth-order valence-electron chi connectivity index (χ4n) is 4.15. The van der Waals surface area contributed by atoms with E-state index in [0.717, 1.165) is 6.42 Å². The summed E-state index contributed by atoms with van der Waals surface area (Å²) in [6.07, 6.45) is 3.15. The van der Waals surface area contributed by atoms with Crippen molar-refractivity contribution in [3.63, 3.8) is 0 Å². The molecule has 1 aromatic carbocycles. The smallest absolute Gasteiger partial charge is 0.309 e. The van der Waals surface area contributed by atoms with E-state index in [0.29, 0.717) is 31.8 Å². The molecule has 2 rings (SSSR count). The molecule has 0 aliphatic heterocycles. The highest BCUT2D eigenvalue weighted by Gasteiger charge is 2.30. The van der Waals surface area contributed by atoms with E-state index in [1.165, 1.54) is 31.9 Å². The van der Waals surface area contributed by atoms with Crippen molar-refractivity contribution < 1.29 is 38.1 Å². The molecule has 0 radical (unpaired) electrons. The summed E-state index contributed by atoms with van der Waals surface area (Å²) in [5, 5.41) is 0. The molecule has 9 heteroatoms. The molecule has 0 aliphatic carbocycles. The summed E-state index contributed by atoms with van der Waals surface area (Å²) in [4.78, 5) is 42.0. The number of ketones is 1. The van der Waals surface area contributed by atoms with Gasteiger partial charge in [0.05, 0.1) is 19.1 Å². The highest BCUT2D eigenvalue weighted by Crippen LogP contribution is 2.31. The number of benzene rings is 1. The molecule has 0 saturated carbocycles. The molecule has 0 fully saturated rings. The van der Waals surface area contributed by atoms with Crippen molar-refractivity contribution in [3.05, 3.63) is 53.9 Å². The second kappa shape index (κ2) is 17.3. The van der Waals surface area contributed by atoms with Crippen LogP contribution in [0.5, 0.6) is 11.5 Å². The lowest BCUT2D eigenvalue weighted by molar-refractivity contribution is -0.162. The number of aromatic nitrogens is 1. The second-order valence-corrected chi connectivity index (χ2v) is 10.1. The lowest BCUT2D eigenvalue weighted by atomic mass is 9.95.